The smallest absolute Gasteiger partial charge is 0.350 e. The number of rotatable bonds is 6. The lowest BCUT2D eigenvalue weighted by atomic mass is 10.1. The molecule has 9 heteroatoms. The number of carbonyl (C=O) groups is 3. The molecule has 1 aromatic carbocycles. The molecule has 0 unspecified atom stereocenters. The van der Waals surface area contributed by atoms with Gasteiger partial charge < -0.3 is 15.0 Å². The van der Waals surface area contributed by atoms with E-state index in [0.717, 1.165) is 16.8 Å². The second kappa shape index (κ2) is 9.82. The van der Waals surface area contributed by atoms with Crippen molar-refractivity contribution in [3.8, 4) is 0 Å². The van der Waals surface area contributed by atoms with Gasteiger partial charge in [0.15, 0.2) is 6.61 Å². The van der Waals surface area contributed by atoms with Crippen molar-refractivity contribution in [1.29, 1.82) is 0 Å². The number of hydrogen-bond donors (Lipinski definition) is 1. The van der Waals surface area contributed by atoms with Crippen LogP contribution in [0.15, 0.2) is 23.7 Å². The lowest BCUT2D eigenvalue weighted by Crippen LogP contribution is -2.51. The fourth-order valence-corrected chi connectivity index (χ4v) is 4.03. The summed E-state index contributed by atoms with van der Waals surface area (Å²) in [5, 5.41) is 2.99. The maximum absolute atomic E-state index is 12.4. The lowest BCUT2D eigenvalue weighted by molar-refractivity contribution is -0.136. The van der Waals surface area contributed by atoms with Gasteiger partial charge in [0.2, 0.25) is 5.91 Å². The highest BCUT2D eigenvalue weighted by molar-refractivity contribution is 7.11. The normalized spacial score (nSPS) is 14.4. The van der Waals surface area contributed by atoms with Crippen molar-refractivity contribution in [3.05, 3.63) is 45.4 Å². The number of aromatic nitrogens is 1. The third kappa shape index (κ3) is 5.43. The van der Waals surface area contributed by atoms with Crippen LogP contribution in [-0.4, -0.2) is 71.9 Å². The molecule has 0 radical (unpaired) electrons. The molecular formula is C21H26N4O4S. The number of aryl methyl sites for hydroxylation is 3. The van der Waals surface area contributed by atoms with Gasteiger partial charge in [-0.05, 0) is 31.9 Å². The number of nitrogens with zero attached hydrogens (tertiary/aromatic N) is 3. The van der Waals surface area contributed by atoms with E-state index in [1.54, 1.807) is 17.3 Å². The predicted octanol–water partition coefficient (Wildman–Crippen LogP) is 2.01. The van der Waals surface area contributed by atoms with Gasteiger partial charge in [0.05, 0.1) is 17.7 Å². The van der Waals surface area contributed by atoms with Crippen LogP contribution in [0.5, 0.6) is 0 Å². The zero-order valence-corrected chi connectivity index (χ0v) is 18.3. The average Bonchev–Trinajstić information content (AvgIpc) is 3.15. The van der Waals surface area contributed by atoms with E-state index in [-0.39, 0.29) is 25.0 Å². The first-order valence-corrected chi connectivity index (χ1v) is 10.7. The number of benzene rings is 1. The van der Waals surface area contributed by atoms with E-state index in [4.69, 9.17) is 4.74 Å². The zero-order chi connectivity index (χ0) is 21.7. The number of carbonyl (C=O) groups excluding carboxylic acids is 3. The maximum atomic E-state index is 12.4. The number of thiazole rings is 1. The predicted molar refractivity (Wildman–Crippen MR) is 115 cm³/mol. The summed E-state index contributed by atoms with van der Waals surface area (Å²) < 4.78 is 5.12. The molecule has 0 spiro atoms. The van der Waals surface area contributed by atoms with Crippen LogP contribution < -0.4 is 5.32 Å². The van der Waals surface area contributed by atoms with Gasteiger partial charge in [-0.3, -0.25) is 14.5 Å². The molecule has 1 fully saturated rings. The van der Waals surface area contributed by atoms with E-state index in [1.807, 2.05) is 36.9 Å². The summed E-state index contributed by atoms with van der Waals surface area (Å²) in [4.78, 5) is 44.9. The van der Waals surface area contributed by atoms with Crippen molar-refractivity contribution in [2.24, 2.45) is 0 Å². The molecule has 1 N–H and O–H groups in total. The Balaban J connectivity index is 1.42. The number of esters is 1. The maximum Gasteiger partial charge on any atom is 0.350 e. The highest BCUT2D eigenvalue weighted by Crippen LogP contribution is 2.19. The Morgan fingerprint density at radius 2 is 1.77 bits per heavy atom. The average molecular weight is 431 g/mol. The van der Waals surface area contributed by atoms with E-state index < -0.39 is 5.97 Å². The van der Waals surface area contributed by atoms with Crippen LogP contribution in [0.2, 0.25) is 0 Å². The lowest BCUT2D eigenvalue weighted by Gasteiger charge is -2.34. The Morgan fingerprint density at radius 3 is 2.37 bits per heavy atom. The number of amides is 2. The SMILES string of the molecule is Cc1cccc(C)c1NC(=O)CN1CCN(C(=O)COC(=O)c2scnc2C)CC1. The molecule has 1 saturated heterocycles. The first-order valence-electron chi connectivity index (χ1n) is 9.78. The molecule has 1 aliphatic rings. The van der Waals surface area contributed by atoms with E-state index in [1.165, 1.54) is 11.3 Å². The fourth-order valence-electron chi connectivity index (χ4n) is 3.33. The largest absolute Gasteiger partial charge is 0.451 e. The van der Waals surface area contributed by atoms with Crippen molar-refractivity contribution in [3.63, 3.8) is 0 Å². The topological polar surface area (TPSA) is 91.8 Å². The van der Waals surface area contributed by atoms with Gasteiger partial charge in [0, 0.05) is 31.9 Å². The van der Waals surface area contributed by atoms with Crippen molar-refractivity contribution in [1.82, 2.24) is 14.8 Å². The second-order valence-corrected chi connectivity index (χ2v) is 8.17. The van der Waals surface area contributed by atoms with Crippen molar-refractivity contribution < 1.29 is 19.1 Å². The highest BCUT2D eigenvalue weighted by Gasteiger charge is 2.24. The van der Waals surface area contributed by atoms with E-state index in [2.05, 4.69) is 10.3 Å². The molecule has 30 heavy (non-hydrogen) atoms. The first kappa shape index (κ1) is 21.9. The minimum absolute atomic E-state index is 0.0685. The summed E-state index contributed by atoms with van der Waals surface area (Å²) in [6.07, 6.45) is 0. The van der Waals surface area contributed by atoms with Gasteiger partial charge in [0.25, 0.3) is 5.91 Å². The number of piperazine rings is 1. The van der Waals surface area contributed by atoms with Crippen LogP contribution in [0.4, 0.5) is 5.69 Å². The van der Waals surface area contributed by atoms with E-state index in [0.29, 0.717) is 36.8 Å². The van der Waals surface area contributed by atoms with Crippen LogP contribution >= 0.6 is 11.3 Å². The Bertz CT molecular complexity index is 915. The quantitative estimate of drug-likeness (QED) is 0.705. The molecule has 0 saturated carbocycles. The molecule has 0 atom stereocenters. The van der Waals surface area contributed by atoms with Crippen LogP contribution in [0.25, 0.3) is 0 Å². The molecule has 2 aromatic rings. The number of ether oxygens (including phenoxy) is 1. The van der Waals surface area contributed by atoms with Gasteiger partial charge in [-0.1, -0.05) is 18.2 Å². The zero-order valence-electron chi connectivity index (χ0n) is 17.4. The Morgan fingerprint density at radius 1 is 1.10 bits per heavy atom. The summed E-state index contributed by atoms with van der Waals surface area (Å²) >= 11 is 1.20. The van der Waals surface area contributed by atoms with E-state index in [9.17, 15) is 14.4 Å². The number of hydrogen-bond acceptors (Lipinski definition) is 7. The number of nitrogens with one attached hydrogen (secondary N) is 1. The molecule has 0 bridgehead atoms. The van der Waals surface area contributed by atoms with Gasteiger partial charge in [-0.2, -0.15) is 0 Å². The van der Waals surface area contributed by atoms with Crippen LogP contribution in [0.1, 0.15) is 26.5 Å². The Hall–Kier alpha value is -2.78. The summed E-state index contributed by atoms with van der Waals surface area (Å²) in [5.41, 5.74) is 5.09. The van der Waals surface area contributed by atoms with Crippen molar-refractivity contribution in [2.45, 2.75) is 20.8 Å². The number of para-hydroxylation sites is 1. The Labute approximate surface area is 179 Å². The highest BCUT2D eigenvalue weighted by atomic mass is 32.1. The molecule has 1 aromatic heterocycles. The van der Waals surface area contributed by atoms with Crippen molar-refractivity contribution in [2.75, 3.05) is 44.6 Å². The molecule has 3 rings (SSSR count). The van der Waals surface area contributed by atoms with Crippen molar-refractivity contribution >= 4 is 34.8 Å². The fraction of sp³-hybridized carbons (Fsp3) is 0.429. The third-order valence-electron chi connectivity index (χ3n) is 5.10. The molecule has 8 nitrogen and oxygen atoms in total. The Kier molecular flexibility index (Phi) is 7.17. The molecule has 2 amide bonds. The standard InChI is InChI=1S/C21H26N4O4S/c1-14-5-4-6-15(2)19(14)23-17(26)11-24-7-9-25(10-8-24)18(27)12-29-21(28)20-16(3)22-13-30-20/h4-6,13H,7-12H2,1-3H3,(H,23,26). The van der Waals surface area contributed by atoms with E-state index >= 15 is 0 Å². The summed E-state index contributed by atoms with van der Waals surface area (Å²) in [6.45, 7) is 7.82. The molecule has 160 valence electrons. The molecular weight excluding hydrogens is 404 g/mol. The number of anilines is 1. The van der Waals surface area contributed by atoms with Gasteiger partial charge in [-0.15, -0.1) is 11.3 Å². The van der Waals surface area contributed by atoms with Gasteiger partial charge in [0.1, 0.15) is 4.88 Å². The summed E-state index contributed by atoms with van der Waals surface area (Å²) in [6, 6.07) is 5.90. The summed E-state index contributed by atoms with van der Waals surface area (Å²) in [7, 11) is 0. The van der Waals surface area contributed by atoms with Crippen LogP contribution in [0.3, 0.4) is 0 Å². The first-order chi connectivity index (χ1) is 14.3. The minimum Gasteiger partial charge on any atom is -0.451 e. The van der Waals surface area contributed by atoms with Gasteiger partial charge >= 0.3 is 5.97 Å². The molecule has 1 aliphatic heterocycles. The third-order valence-corrected chi connectivity index (χ3v) is 6.00. The molecule has 2 heterocycles. The van der Waals surface area contributed by atoms with Crippen LogP contribution in [0, 0.1) is 20.8 Å². The molecule has 0 aliphatic carbocycles. The second-order valence-electron chi connectivity index (χ2n) is 7.31. The summed E-state index contributed by atoms with van der Waals surface area (Å²) in [5.74, 6) is -0.823. The van der Waals surface area contributed by atoms with Crippen LogP contribution in [-0.2, 0) is 14.3 Å². The van der Waals surface area contributed by atoms with Gasteiger partial charge in [-0.25, -0.2) is 9.78 Å². The minimum atomic E-state index is -0.523. The monoisotopic (exact) mass is 430 g/mol.